The zero-order valence-electron chi connectivity index (χ0n) is 17.0. The maximum Gasteiger partial charge on any atom is 0.325 e. The first-order valence-electron chi connectivity index (χ1n) is 9.36. The fourth-order valence-corrected chi connectivity index (χ4v) is 3.11. The number of fused-ring (bicyclic) bond motifs is 1. The Labute approximate surface area is 170 Å². The lowest BCUT2D eigenvalue weighted by Crippen LogP contribution is -2.41. The molecule has 0 aliphatic rings. The highest BCUT2D eigenvalue weighted by atomic mass is 16.5. The highest BCUT2D eigenvalue weighted by molar-refractivity contribution is 6.08. The zero-order valence-corrected chi connectivity index (χ0v) is 17.0. The molecule has 0 N–H and O–H groups in total. The Kier molecular flexibility index (Phi) is 6.12. The molecule has 0 aliphatic carbocycles. The largest absolute Gasteiger partial charge is 0.497 e. The van der Waals surface area contributed by atoms with Crippen molar-refractivity contribution in [2.75, 3.05) is 20.8 Å². The van der Waals surface area contributed by atoms with Crippen LogP contribution in [0.1, 0.15) is 24.2 Å². The minimum Gasteiger partial charge on any atom is -0.497 e. The number of aromatic nitrogens is 1. The van der Waals surface area contributed by atoms with E-state index in [9.17, 15) is 9.59 Å². The summed E-state index contributed by atoms with van der Waals surface area (Å²) in [6.07, 6.45) is 0. The number of carbonyl (C=O) groups is 2. The van der Waals surface area contributed by atoms with Crippen LogP contribution in [0.3, 0.4) is 0 Å². The maximum absolute atomic E-state index is 13.4. The van der Waals surface area contributed by atoms with Crippen LogP contribution in [-0.2, 0) is 9.53 Å². The molecule has 6 nitrogen and oxygen atoms in total. The molecule has 150 valence electrons. The van der Waals surface area contributed by atoms with E-state index in [1.54, 1.807) is 13.2 Å². The van der Waals surface area contributed by atoms with Gasteiger partial charge >= 0.3 is 5.97 Å². The fourth-order valence-electron chi connectivity index (χ4n) is 3.11. The third-order valence-electron chi connectivity index (χ3n) is 4.74. The van der Waals surface area contributed by atoms with Crippen LogP contribution in [0.15, 0.2) is 54.6 Å². The molecule has 0 aliphatic heterocycles. The molecule has 0 atom stereocenters. The van der Waals surface area contributed by atoms with Gasteiger partial charge in [0.1, 0.15) is 12.3 Å². The van der Waals surface area contributed by atoms with Crippen LogP contribution in [0.2, 0.25) is 0 Å². The Bertz CT molecular complexity index is 1030. The van der Waals surface area contributed by atoms with E-state index < -0.39 is 5.97 Å². The summed E-state index contributed by atoms with van der Waals surface area (Å²) in [5.74, 6) is 0.0504. The molecule has 1 amide bonds. The number of methoxy groups -OCH3 is 2. The minimum atomic E-state index is -0.458. The van der Waals surface area contributed by atoms with Crippen molar-refractivity contribution in [3.8, 4) is 17.0 Å². The number of benzene rings is 2. The first kappa shape index (κ1) is 20.3. The number of para-hydroxylation sites is 1. The van der Waals surface area contributed by atoms with Gasteiger partial charge in [0, 0.05) is 17.0 Å². The van der Waals surface area contributed by atoms with E-state index in [4.69, 9.17) is 14.5 Å². The third-order valence-corrected chi connectivity index (χ3v) is 4.74. The van der Waals surface area contributed by atoms with Gasteiger partial charge in [-0.15, -0.1) is 0 Å². The van der Waals surface area contributed by atoms with Crippen molar-refractivity contribution in [1.29, 1.82) is 0 Å². The second-order valence-electron chi connectivity index (χ2n) is 6.90. The van der Waals surface area contributed by atoms with Crippen molar-refractivity contribution in [3.63, 3.8) is 0 Å². The number of rotatable bonds is 6. The normalized spacial score (nSPS) is 10.8. The fraction of sp³-hybridized carbons (Fsp3) is 0.261. The predicted molar refractivity (Wildman–Crippen MR) is 112 cm³/mol. The van der Waals surface area contributed by atoms with E-state index in [1.165, 1.54) is 12.0 Å². The van der Waals surface area contributed by atoms with Crippen LogP contribution < -0.4 is 4.74 Å². The maximum atomic E-state index is 13.4. The van der Waals surface area contributed by atoms with Crippen molar-refractivity contribution in [3.05, 3.63) is 60.2 Å². The van der Waals surface area contributed by atoms with Gasteiger partial charge in [-0.05, 0) is 50.2 Å². The van der Waals surface area contributed by atoms with E-state index in [2.05, 4.69) is 0 Å². The Morgan fingerprint density at radius 2 is 1.72 bits per heavy atom. The van der Waals surface area contributed by atoms with Crippen molar-refractivity contribution in [2.45, 2.75) is 19.9 Å². The predicted octanol–water partition coefficient (Wildman–Crippen LogP) is 3.93. The first-order chi connectivity index (χ1) is 13.9. The van der Waals surface area contributed by atoms with Gasteiger partial charge in [-0.2, -0.15) is 0 Å². The van der Waals surface area contributed by atoms with Gasteiger partial charge in [0.15, 0.2) is 0 Å². The summed E-state index contributed by atoms with van der Waals surface area (Å²) in [4.78, 5) is 31.5. The van der Waals surface area contributed by atoms with Crippen LogP contribution in [0, 0.1) is 0 Å². The molecular formula is C23H24N2O4. The van der Waals surface area contributed by atoms with Crippen LogP contribution in [-0.4, -0.2) is 48.6 Å². The molecule has 6 heteroatoms. The van der Waals surface area contributed by atoms with E-state index >= 15 is 0 Å². The monoisotopic (exact) mass is 392 g/mol. The number of nitrogens with zero attached hydrogens (tertiary/aromatic N) is 2. The van der Waals surface area contributed by atoms with Gasteiger partial charge in [0.05, 0.1) is 31.0 Å². The lowest BCUT2D eigenvalue weighted by Gasteiger charge is -2.26. The van der Waals surface area contributed by atoms with Crippen LogP contribution in [0.5, 0.6) is 5.75 Å². The highest BCUT2D eigenvalue weighted by Crippen LogP contribution is 2.27. The summed E-state index contributed by atoms with van der Waals surface area (Å²) in [7, 11) is 2.93. The Balaban J connectivity index is 2.12. The smallest absolute Gasteiger partial charge is 0.325 e. The van der Waals surface area contributed by atoms with Gasteiger partial charge < -0.3 is 14.4 Å². The molecular weight excluding hydrogens is 368 g/mol. The second kappa shape index (κ2) is 8.73. The summed E-state index contributed by atoms with van der Waals surface area (Å²) < 4.78 is 9.98. The van der Waals surface area contributed by atoms with Crippen LogP contribution in [0.25, 0.3) is 22.2 Å². The molecule has 29 heavy (non-hydrogen) atoms. The summed E-state index contributed by atoms with van der Waals surface area (Å²) in [6.45, 7) is 3.63. The molecule has 2 aromatic carbocycles. The number of amides is 1. The molecule has 3 aromatic rings. The van der Waals surface area contributed by atoms with Gasteiger partial charge in [-0.3, -0.25) is 9.59 Å². The van der Waals surface area contributed by atoms with E-state index in [-0.39, 0.29) is 18.5 Å². The minimum absolute atomic E-state index is 0.110. The molecule has 0 fully saturated rings. The molecule has 0 spiro atoms. The summed E-state index contributed by atoms with van der Waals surface area (Å²) in [5, 5.41) is 0.741. The van der Waals surface area contributed by atoms with Gasteiger partial charge in [0.2, 0.25) is 0 Å². The number of pyridine rings is 1. The SMILES string of the molecule is COC(=O)CN(C(=O)c1cc(-c2ccc(OC)cc2)nc2ccccc12)C(C)C. The van der Waals surface area contributed by atoms with E-state index in [0.717, 1.165) is 16.7 Å². The number of esters is 1. The molecule has 0 unspecified atom stereocenters. The molecule has 3 rings (SSSR count). The van der Waals surface area contributed by atoms with Crippen molar-refractivity contribution in [2.24, 2.45) is 0 Å². The quantitative estimate of drug-likeness (QED) is 0.595. The molecule has 0 saturated heterocycles. The number of ether oxygens (including phenoxy) is 2. The Morgan fingerprint density at radius 1 is 1.03 bits per heavy atom. The standard InChI is InChI=1S/C23H24N2O4/c1-15(2)25(14-22(26)29-4)23(27)19-13-21(16-9-11-17(28-3)12-10-16)24-20-8-6-5-7-18(19)20/h5-13,15H,14H2,1-4H3. The zero-order chi connectivity index (χ0) is 21.0. The van der Waals surface area contributed by atoms with Crippen LogP contribution >= 0.6 is 0 Å². The lowest BCUT2D eigenvalue weighted by molar-refractivity contribution is -0.141. The summed E-state index contributed by atoms with van der Waals surface area (Å²) >= 11 is 0. The third kappa shape index (κ3) is 4.37. The van der Waals surface area contributed by atoms with Gasteiger partial charge in [-0.1, -0.05) is 18.2 Å². The summed E-state index contributed by atoms with van der Waals surface area (Å²) in [6, 6.07) is 16.6. The van der Waals surface area contributed by atoms with Crippen molar-refractivity contribution in [1.82, 2.24) is 9.88 Å². The Morgan fingerprint density at radius 3 is 2.34 bits per heavy atom. The van der Waals surface area contributed by atoms with Crippen LogP contribution in [0.4, 0.5) is 0 Å². The average Bonchev–Trinajstić information content (AvgIpc) is 2.75. The van der Waals surface area contributed by atoms with Crippen molar-refractivity contribution < 1.29 is 19.1 Å². The molecule has 0 radical (unpaired) electrons. The highest BCUT2D eigenvalue weighted by Gasteiger charge is 2.24. The van der Waals surface area contributed by atoms with E-state index in [0.29, 0.717) is 16.8 Å². The molecule has 0 saturated carbocycles. The molecule has 1 aromatic heterocycles. The molecule has 1 heterocycles. The van der Waals surface area contributed by atoms with Gasteiger partial charge in [-0.25, -0.2) is 4.98 Å². The molecule has 0 bridgehead atoms. The van der Waals surface area contributed by atoms with Gasteiger partial charge in [0.25, 0.3) is 5.91 Å². The summed E-state index contributed by atoms with van der Waals surface area (Å²) in [5.41, 5.74) is 2.76. The number of hydrogen-bond donors (Lipinski definition) is 0. The van der Waals surface area contributed by atoms with E-state index in [1.807, 2.05) is 62.4 Å². The number of hydrogen-bond acceptors (Lipinski definition) is 5. The number of carbonyl (C=O) groups excluding carboxylic acids is 2. The average molecular weight is 392 g/mol. The van der Waals surface area contributed by atoms with Crippen molar-refractivity contribution >= 4 is 22.8 Å². The lowest BCUT2D eigenvalue weighted by atomic mass is 10.0. The second-order valence-corrected chi connectivity index (χ2v) is 6.90. The Hall–Kier alpha value is -3.41. The first-order valence-corrected chi connectivity index (χ1v) is 9.36. The topological polar surface area (TPSA) is 68.7 Å².